The topological polar surface area (TPSA) is 56.1 Å². The molecule has 1 aromatic heterocycles. The number of hydrogen-bond acceptors (Lipinski definition) is 4. The van der Waals surface area contributed by atoms with Crippen molar-refractivity contribution < 1.29 is 4.74 Å². The summed E-state index contributed by atoms with van der Waals surface area (Å²) in [6.07, 6.45) is 2.93. The van der Waals surface area contributed by atoms with Crippen LogP contribution in [0.4, 0.5) is 5.69 Å². The fourth-order valence-electron chi connectivity index (χ4n) is 2.59. The van der Waals surface area contributed by atoms with Gasteiger partial charge in [0.15, 0.2) is 0 Å². The van der Waals surface area contributed by atoms with E-state index < -0.39 is 0 Å². The van der Waals surface area contributed by atoms with E-state index in [1.54, 1.807) is 6.20 Å². The Kier molecular flexibility index (Phi) is 4.54. The Morgan fingerprint density at radius 1 is 1.55 bits per heavy atom. The summed E-state index contributed by atoms with van der Waals surface area (Å²) in [6.45, 7) is 9.58. The molecule has 1 aliphatic rings. The van der Waals surface area contributed by atoms with Crippen molar-refractivity contribution in [2.75, 3.05) is 11.9 Å². The monoisotopic (exact) mass is 343 g/mol. The number of nitrogens with one attached hydrogen (secondary N) is 1. The van der Waals surface area contributed by atoms with Gasteiger partial charge in [0.1, 0.15) is 4.47 Å². The minimum atomic E-state index is -0.101. The highest BCUT2D eigenvalue weighted by molar-refractivity contribution is 9.10. The number of ether oxygens (including phenoxy) is 1. The van der Waals surface area contributed by atoms with Crippen LogP contribution in [0.3, 0.4) is 0 Å². The van der Waals surface area contributed by atoms with Gasteiger partial charge in [-0.3, -0.25) is 4.79 Å². The summed E-state index contributed by atoms with van der Waals surface area (Å²) in [7, 11) is 0. The largest absolute Gasteiger partial charge is 0.379 e. The van der Waals surface area contributed by atoms with Crippen LogP contribution in [-0.2, 0) is 11.3 Å². The van der Waals surface area contributed by atoms with Crippen molar-refractivity contribution in [3.05, 3.63) is 21.0 Å². The first kappa shape index (κ1) is 15.5. The number of anilines is 1. The molecule has 0 amide bonds. The third-order valence-electron chi connectivity index (χ3n) is 4.16. The minimum Gasteiger partial charge on any atom is -0.379 e. The lowest BCUT2D eigenvalue weighted by Gasteiger charge is -2.52. The van der Waals surface area contributed by atoms with Gasteiger partial charge in [-0.2, -0.15) is 5.10 Å². The van der Waals surface area contributed by atoms with Crippen LogP contribution in [0.5, 0.6) is 0 Å². The van der Waals surface area contributed by atoms with Crippen LogP contribution in [0.15, 0.2) is 15.5 Å². The second-order valence-electron chi connectivity index (χ2n) is 5.69. The van der Waals surface area contributed by atoms with Crippen molar-refractivity contribution in [2.45, 2.75) is 52.8 Å². The predicted octanol–water partition coefficient (Wildman–Crippen LogP) is 2.64. The van der Waals surface area contributed by atoms with Crippen molar-refractivity contribution >= 4 is 21.6 Å². The molecule has 0 bridgehead atoms. The summed E-state index contributed by atoms with van der Waals surface area (Å²) in [5.41, 5.74) is 0.707. The summed E-state index contributed by atoms with van der Waals surface area (Å²) < 4.78 is 7.70. The van der Waals surface area contributed by atoms with Gasteiger partial charge in [-0.25, -0.2) is 4.68 Å². The molecule has 1 N–H and O–H groups in total. The molecule has 112 valence electrons. The third-order valence-corrected chi connectivity index (χ3v) is 4.93. The van der Waals surface area contributed by atoms with Crippen molar-refractivity contribution in [1.29, 1.82) is 0 Å². The van der Waals surface area contributed by atoms with E-state index in [4.69, 9.17) is 4.74 Å². The van der Waals surface area contributed by atoms with E-state index in [1.807, 2.05) is 13.8 Å². The molecule has 6 heteroatoms. The Morgan fingerprint density at radius 2 is 2.25 bits per heavy atom. The van der Waals surface area contributed by atoms with Gasteiger partial charge in [-0.05, 0) is 36.2 Å². The maximum absolute atomic E-state index is 12.0. The zero-order valence-corrected chi connectivity index (χ0v) is 14.0. The molecule has 5 nitrogen and oxygen atoms in total. The first-order valence-corrected chi connectivity index (χ1v) is 7.84. The van der Waals surface area contributed by atoms with Crippen molar-refractivity contribution in [2.24, 2.45) is 5.41 Å². The van der Waals surface area contributed by atoms with E-state index in [9.17, 15) is 4.79 Å². The lowest BCUT2D eigenvalue weighted by atomic mass is 9.64. The summed E-state index contributed by atoms with van der Waals surface area (Å²) in [5.74, 6) is 0. The first-order chi connectivity index (χ1) is 9.41. The molecule has 1 heterocycles. The van der Waals surface area contributed by atoms with Crippen LogP contribution in [0.2, 0.25) is 0 Å². The molecule has 1 saturated carbocycles. The number of hydrogen-bond donors (Lipinski definition) is 1. The Balaban J connectivity index is 2.13. The number of aromatic nitrogens is 2. The normalized spacial score (nSPS) is 24.2. The Morgan fingerprint density at radius 3 is 2.80 bits per heavy atom. The predicted molar refractivity (Wildman–Crippen MR) is 83.1 cm³/mol. The molecule has 0 aliphatic heterocycles. The average molecular weight is 344 g/mol. The number of halogens is 1. The molecule has 2 rings (SSSR count). The second-order valence-corrected chi connectivity index (χ2v) is 6.48. The zero-order chi connectivity index (χ0) is 14.9. The van der Waals surface area contributed by atoms with E-state index in [0.29, 0.717) is 11.0 Å². The van der Waals surface area contributed by atoms with Gasteiger partial charge in [-0.1, -0.05) is 13.8 Å². The summed E-state index contributed by atoms with van der Waals surface area (Å²) in [6, 6.07) is 0.286. The van der Waals surface area contributed by atoms with Crippen molar-refractivity contribution in [1.82, 2.24) is 9.78 Å². The third kappa shape index (κ3) is 2.63. The molecule has 2 atom stereocenters. The van der Waals surface area contributed by atoms with E-state index in [0.717, 1.165) is 18.7 Å². The van der Waals surface area contributed by atoms with E-state index >= 15 is 0 Å². The van der Waals surface area contributed by atoms with Gasteiger partial charge in [0, 0.05) is 24.6 Å². The van der Waals surface area contributed by atoms with Crippen LogP contribution >= 0.6 is 15.9 Å². The van der Waals surface area contributed by atoms with Crippen LogP contribution in [0.1, 0.15) is 34.1 Å². The van der Waals surface area contributed by atoms with Crippen LogP contribution in [0, 0.1) is 5.41 Å². The molecule has 0 aromatic carbocycles. The number of nitrogens with zero attached hydrogens (tertiary/aromatic N) is 2. The lowest BCUT2D eigenvalue weighted by Crippen LogP contribution is -2.58. The Labute approximate surface area is 127 Å². The molecule has 1 aromatic rings. The molecular weight excluding hydrogens is 322 g/mol. The van der Waals surface area contributed by atoms with Gasteiger partial charge < -0.3 is 10.1 Å². The molecule has 2 unspecified atom stereocenters. The van der Waals surface area contributed by atoms with Gasteiger partial charge in [-0.15, -0.1) is 0 Å². The maximum Gasteiger partial charge on any atom is 0.283 e. The molecule has 1 fully saturated rings. The van der Waals surface area contributed by atoms with Crippen molar-refractivity contribution in [3.63, 3.8) is 0 Å². The summed E-state index contributed by atoms with van der Waals surface area (Å²) >= 11 is 3.37. The Bertz CT molecular complexity index is 542. The van der Waals surface area contributed by atoms with Gasteiger partial charge in [0.2, 0.25) is 0 Å². The first-order valence-electron chi connectivity index (χ1n) is 7.05. The fourth-order valence-corrected chi connectivity index (χ4v) is 3.01. The van der Waals surface area contributed by atoms with E-state index in [1.165, 1.54) is 4.68 Å². The van der Waals surface area contributed by atoms with Gasteiger partial charge >= 0.3 is 0 Å². The van der Waals surface area contributed by atoms with Gasteiger partial charge in [0.25, 0.3) is 5.56 Å². The highest BCUT2D eigenvalue weighted by Crippen LogP contribution is 2.44. The highest BCUT2D eigenvalue weighted by atomic mass is 79.9. The SMILES string of the molecule is CCOC1CC(Nc2cnn(CC)c(=O)c2Br)C1(C)C. The van der Waals surface area contributed by atoms with Crippen LogP contribution in [-0.4, -0.2) is 28.5 Å². The quantitative estimate of drug-likeness (QED) is 0.892. The van der Waals surface area contributed by atoms with E-state index in [2.05, 4.69) is 40.2 Å². The number of aryl methyl sites for hydroxylation is 1. The summed E-state index contributed by atoms with van der Waals surface area (Å²) in [5, 5.41) is 7.57. The summed E-state index contributed by atoms with van der Waals surface area (Å²) in [4.78, 5) is 12.0. The average Bonchev–Trinajstić information content (AvgIpc) is 2.42. The molecule has 20 heavy (non-hydrogen) atoms. The molecule has 0 spiro atoms. The molecule has 0 saturated heterocycles. The van der Waals surface area contributed by atoms with E-state index in [-0.39, 0.29) is 23.1 Å². The number of rotatable bonds is 5. The van der Waals surface area contributed by atoms with Crippen molar-refractivity contribution in [3.8, 4) is 0 Å². The van der Waals surface area contributed by atoms with Crippen LogP contribution < -0.4 is 10.9 Å². The second kappa shape index (κ2) is 5.85. The highest BCUT2D eigenvalue weighted by Gasteiger charge is 2.49. The van der Waals surface area contributed by atoms with Gasteiger partial charge in [0.05, 0.1) is 18.0 Å². The van der Waals surface area contributed by atoms with Crippen LogP contribution in [0.25, 0.3) is 0 Å². The lowest BCUT2D eigenvalue weighted by molar-refractivity contribution is -0.0976. The Hall–Kier alpha value is -0.880. The fraction of sp³-hybridized carbons (Fsp3) is 0.714. The maximum atomic E-state index is 12.0. The minimum absolute atomic E-state index is 0.0507. The zero-order valence-electron chi connectivity index (χ0n) is 12.4. The molecule has 1 aliphatic carbocycles. The standard InChI is InChI=1S/C14H22BrN3O2/c1-5-18-13(19)12(15)9(8-16-18)17-10-7-11(20-6-2)14(10,3)4/h8,10-11,17H,5-7H2,1-4H3. The molecule has 0 radical (unpaired) electrons. The smallest absolute Gasteiger partial charge is 0.283 e. The molecular formula is C14H22BrN3O2.